The molecule has 3 N–H and O–H groups in total. The summed E-state index contributed by atoms with van der Waals surface area (Å²) < 4.78 is 19.5. The van der Waals surface area contributed by atoms with E-state index >= 15 is 0 Å². The molecule has 0 aliphatic rings. The molecule has 0 aliphatic heterocycles. The van der Waals surface area contributed by atoms with Crippen molar-refractivity contribution in [2.24, 2.45) is 5.73 Å². The molecular weight excluding hydrogens is 419 g/mol. The number of halogens is 1. The summed E-state index contributed by atoms with van der Waals surface area (Å²) in [6, 6.07) is 22.0. The van der Waals surface area contributed by atoms with E-state index in [9.17, 15) is 14.3 Å². The number of pyridine rings is 1. The van der Waals surface area contributed by atoms with Gasteiger partial charge in [0, 0.05) is 22.1 Å². The first-order valence-electron chi connectivity index (χ1n) is 10.6. The quantitative estimate of drug-likeness (QED) is 0.396. The number of benzene rings is 3. The van der Waals surface area contributed by atoms with Gasteiger partial charge in [0.25, 0.3) is 0 Å². The fourth-order valence-electron chi connectivity index (χ4n) is 4.11. The van der Waals surface area contributed by atoms with Gasteiger partial charge in [-0.05, 0) is 54.8 Å². The van der Waals surface area contributed by atoms with E-state index in [0.29, 0.717) is 16.6 Å². The van der Waals surface area contributed by atoms with Gasteiger partial charge in [0.05, 0.1) is 24.7 Å². The van der Waals surface area contributed by atoms with Crippen LogP contribution in [0.1, 0.15) is 18.9 Å². The van der Waals surface area contributed by atoms with Crippen LogP contribution in [-0.4, -0.2) is 28.7 Å². The Morgan fingerprint density at radius 1 is 1.06 bits per heavy atom. The van der Waals surface area contributed by atoms with Gasteiger partial charge in [-0.3, -0.25) is 4.79 Å². The van der Waals surface area contributed by atoms with Gasteiger partial charge >= 0.3 is 5.97 Å². The molecule has 1 unspecified atom stereocenters. The molecule has 168 valence electrons. The minimum Gasteiger partial charge on any atom is -0.496 e. The van der Waals surface area contributed by atoms with E-state index in [-0.39, 0.29) is 18.7 Å². The zero-order valence-electron chi connectivity index (χ0n) is 18.5. The summed E-state index contributed by atoms with van der Waals surface area (Å²) in [7, 11) is 1.64. The molecule has 6 heteroatoms. The van der Waals surface area contributed by atoms with Crippen molar-refractivity contribution in [3.63, 3.8) is 0 Å². The van der Waals surface area contributed by atoms with E-state index in [0.717, 1.165) is 28.0 Å². The van der Waals surface area contributed by atoms with Crippen LogP contribution in [-0.2, 0) is 11.2 Å². The second-order valence-corrected chi connectivity index (χ2v) is 8.51. The number of nitrogens with two attached hydrogens (primary N) is 1. The van der Waals surface area contributed by atoms with Gasteiger partial charge in [-0.2, -0.15) is 0 Å². The van der Waals surface area contributed by atoms with E-state index in [1.807, 2.05) is 54.6 Å². The van der Waals surface area contributed by atoms with Crippen LogP contribution in [0.25, 0.3) is 33.3 Å². The highest BCUT2D eigenvalue weighted by Crippen LogP contribution is 2.32. The molecule has 0 bridgehead atoms. The van der Waals surface area contributed by atoms with E-state index < -0.39 is 11.5 Å². The number of hydrogen-bond donors (Lipinski definition) is 2. The highest BCUT2D eigenvalue weighted by Gasteiger charge is 2.24. The summed E-state index contributed by atoms with van der Waals surface area (Å²) in [4.78, 5) is 16.0. The smallest absolute Gasteiger partial charge is 0.305 e. The molecule has 1 heterocycles. The zero-order chi connectivity index (χ0) is 23.6. The third kappa shape index (κ3) is 5.02. The maximum Gasteiger partial charge on any atom is 0.305 e. The highest BCUT2D eigenvalue weighted by atomic mass is 19.1. The van der Waals surface area contributed by atoms with Crippen molar-refractivity contribution in [3.05, 3.63) is 84.2 Å². The zero-order valence-corrected chi connectivity index (χ0v) is 18.5. The Morgan fingerprint density at radius 3 is 2.45 bits per heavy atom. The van der Waals surface area contributed by atoms with Crippen LogP contribution >= 0.6 is 0 Å². The fraction of sp³-hybridized carbons (Fsp3) is 0.185. The first-order valence-corrected chi connectivity index (χ1v) is 10.6. The monoisotopic (exact) mass is 444 g/mol. The van der Waals surface area contributed by atoms with Crippen LogP contribution in [0.15, 0.2) is 72.8 Å². The average molecular weight is 445 g/mol. The van der Waals surface area contributed by atoms with Crippen LogP contribution in [0.5, 0.6) is 5.75 Å². The van der Waals surface area contributed by atoms with E-state index in [4.69, 9.17) is 15.5 Å². The number of carboxylic acids is 1. The number of aliphatic carboxylic acids is 1. The van der Waals surface area contributed by atoms with Crippen molar-refractivity contribution in [2.75, 3.05) is 7.11 Å². The molecule has 0 fully saturated rings. The number of carboxylic acid groups (broad SMARTS) is 1. The number of fused-ring (bicyclic) bond motifs is 1. The largest absolute Gasteiger partial charge is 0.496 e. The Bertz CT molecular complexity index is 1320. The normalized spacial score (nSPS) is 13.0. The molecule has 0 radical (unpaired) electrons. The van der Waals surface area contributed by atoms with Crippen molar-refractivity contribution in [1.82, 2.24) is 4.98 Å². The number of methoxy groups -OCH3 is 1. The van der Waals surface area contributed by atoms with Crippen LogP contribution in [0.4, 0.5) is 4.39 Å². The molecule has 33 heavy (non-hydrogen) atoms. The predicted octanol–water partition coefficient (Wildman–Crippen LogP) is 5.45. The number of para-hydroxylation sites is 1. The molecule has 4 rings (SSSR count). The molecule has 0 spiro atoms. The van der Waals surface area contributed by atoms with Crippen LogP contribution in [0.3, 0.4) is 0 Å². The summed E-state index contributed by atoms with van der Waals surface area (Å²) >= 11 is 0. The van der Waals surface area contributed by atoms with E-state index in [1.54, 1.807) is 20.1 Å². The second-order valence-electron chi connectivity index (χ2n) is 8.51. The summed E-state index contributed by atoms with van der Waals surface area (Å²) in [5.41, 5.74) is 10.3. The Balaban J connectivity index is 1.76. The average Bonchev–Trinajstić information content (AvgIpc) is 2.78. The lowest BCUT2D eigenvalue weighted by Crippen LogP contribution is -2.40. The first kappa shape index (κ1) is 22.4. The molecule has 0 amide bonds. The molecule has 3 aromatic carbocycles. The van der Waals surface area contributed by atoms with Gasteiger partial charge in [-0.1, -0.05) is 42.5 Å². The Labute approximate surface area is 191 Å². The molecule has 5 nitrogen and oxygen atoms in total. The number of nitrogens with zero attached hydrogens (tertiary/aromatic N) is 1. The molecule has 0 saturated carbocycles. The third-order valence-corrected chi connectivity index (χ3v) is 5.60. The number of ether oxygens (including phenoxy) is 1. The predicted molar refractivity (Wildman–Crippen MR) is 128 cm³/mol. The standard InChI is InChI=1S/C27H25FN2O3/c1-27(29,16-26(31)32)15-19-13-24(30-23-12-11-20(28)14-22(19)23)18-9-7-17(8-10-18)21-5-3-4-6-25(21)33-2/h3-14H,15-16,29H2,1-2H3,(H,31,32). The Hall–Kier alpha value is -3.77. The number of rotatable bonds is 7. The van der Waals surface area contributed by atoms with Crippen molar-refractivity contribution in [1.29, 1.82) is 0 Å². The second kappa shape index (κ2) is 9.00. The summed E-state index contributed by atoms with van der Waals surface area (Å²) in [6.45, 7) is 1.69. The molecule has 1 aromatic heterocycles. The Kier molecular flexibility index (Phi) is 6.11. The molecular formula is C27H25FN2O3. The van der Waals surface area contributed by atoms with Crippen LogP contribution in [0, 0.1) is 5.82 Å². The van der Waals surface area contributed by atoms with Crippen molar-refractivity contribution >= 4 is 16.9 Å². The molecule has 4 aromatic rings. The lowest BCUT2D eigenvalue weighted by Gasteiger charge is -2.23. The van der Waals surface area contributed by atoms with Crippen LogP contribution < -0.4 is 10.5 Å². The molecule has 0 aliphatic carbocycles. The maximum absolute atomic E-state index is 14.0. The number of carbonyl (C=O) groups is 1. The van der Waals surface area contributed by atoms with Gasteiger partial charge in [0.15, 0.2) is 0 Å². The highest BCUT2D eigenvalue weighted by molar-refractivity contribution is 5.86. The third-order valence-electron chi connectivity index (χ3n) is 5.60. The van der Waals surface area contributed by atoms with Gasteiger partial charge < -0.3 is 15.6 Å². The van der Waals surface area contributed by atoms with Gasteiger partial charge in [0.1, 0.15) is 11.6 Å². The molecule has 0 saturated heterocycles. The number of aromatic nitrogens is 1. The summed E-state index contributed by atoms with van der Waals surface area (Å²) in [5, 5.41) is 9.84. The fourth-order valence-corrected chi connectivity index (χ4v) is 4.11. The Morgan fingerprint density at radius 2 is 1.76 bits per heavy atom. The number of hydrogen-bond acceptors (Lipinski definition) is 4. The van der Waals surface area contributed by atoms with Crippen molar-refractivity contribution in [2.45, 2.75) is 25.3 Å². The molecule has 1 atom stereocenters. The topological polar surface area (TPSA) is 85.4 Å². The van der Waals surface area contributed by atoms with Crippen molar-refractivity contribution < 1.29 is 19.0 Å². The lowest BCUT2D eigenvalue weighted by molar-refractivity contribution is -0.138. The van der Waals surface area contributed by atoms with Gasteiger partial charge in [0.2, 0.25) is 0 Å². The lowest BCUT2D eigenvalue weighted by atomic mass is 9.88. The van der Waals surface area contributed by atoms with E-state index in [1.165, 1.54) is 12.1 Å². The van der Waals surface area contributed by atoms with E-state index in [2.05, 4.69) is 0 Å². The van der Waals surface area contributed by atoms with Gasteiger partial charge in [-0.25, -0.2) is 9.37 Å². The minimum absolute atomic E-state index is 0.199. The van der Waals surface area contributed by atoms with Gasteiger partial charge in [-0.15, -0.1) is 0 Å². The SMILES string of the molecule is COc1ccccc1-c1ccc(-c2cc(CC(C)(N)CC(=O)O)c3cc(F)ccc3n2)cc1. The summed E-state index contributed by atoms with van der Waals surface area (Å²) in [6.07, 6.45) is 0.0726. The van der Waals surface area contributed by atoms with Crippen molar-refractivity contribution in [3.8, 4) is 28.1 Å². The summed E-state index contributed by atoms with van der Waals surface area (Å²) in [5.74, 6) is -0.563. The maximum atomic E-state index is 14.0. The first-order chi connectivity index (χ1) is 15.8. The minimum atomic E-state index is -0.989. The van der Waals surface area contributed by atoms with Crippen LogP contribution in [0.2, 0.25) is 0 Å².